The topological polar surface area (TPSA) is 12.5 Å². The van der Waals surface area contributed by atoms with E-state index in [0.717, 1.165) is 51.7 Å². The van der Waals surface area contributed by atoms with Gasteiger partial charge in [0.15, 0.2) is 11.5 Å². The number of nitrogens with zero attached hydrogens (tertiary/aromatic N) is 1. The van der Waals surface area contributed by atoms with Gasteiger partial charge in [0, 0.05) is 5.69 Å². The smallest absolute Gasteiger partial charge is 0.152 e. The van der Waals surface area contributed by atoms with E-state index < -0.39 is 5.41 Å². The van der Waals surface area contributed by atoms with Gasteiger partial charge in [0.05, 0.1) is 16.8 Å². The molecule has 0 unspecified atom stereocenters. The highest BCUT2D eigenvalue weighted by atomic mass is 16.5. The zero-order chi connectivity index (χ0) is 43.3. The van der Waals surface area contributed by atoms with Crippen molar-refractivity contribution in [2.75, 3.05) is 4.90 Å². The molecule has 1 heterocycles. The Morgan fingerprint density at radius 1 is 0.492 bits per heavy atom. The molecule has 1 aliphatic heterocycles. The van der Waals surface area contributed by atoms with E-state index >= 15 is 0 Å². The van der Waals surface area contributed by atoms with Gasteiger partial charge in [-0.3, -0.25) is 0 Å². The van der Waals surface area contributed by atoms with Crippen LogP contribution in [0.15, 0.2) is 176 Å². The van der Waals surface area contributed by atoms with Gasteiger partial charge in [-0.1, -0.05) is 198 Å². The van der Waals surface area contributed by atoms with E-state index in [1.807, 2.05) is 0 Å². The van der Waals surface area contributed by atoms with Gasteiger partial charge in [-0.15, -0.1) is 0 Å². The molecule has 312 valence electrons. The lowest BCUT2D eigenvalue weighted by atomic mass is 9.67. The standard InChI is InChI=1S/C61H57NO/c1-7-8-9-11-14-43-19-25-49(26-20-43)61(54-37-41(2)17-33-52(54)53-34-18-42(3)38-55(53)61)50-29-31-51(32-30-50)62-56-35-23-46(44-15-12-10-13-16-44)39-58(56)63-59-40-47(24-36-57(59)62)45-21-27-48(28-22-45)60(4,5)6/h10,12-13,15-40H,7-9,11,14H2,1-6H3. The molecule has 0 bridgehead atoms. The Bertz CT molecular complexity index is 2880. The predicted molar refractivity (Wildman–Crippen MR) is 265 cm³/mol. The molecule has 8 aromatic rings. The maximum atomic E-state index is 6.92. The molecule has 0 atom stereocenters. The minimum Gasteiger partial charge on any atom is -0.453 e. The Kier molecular flexibility index (Phi) is 10.4. The fraction of sp³-hybridized carbons (Fsp3) is 0.213. The van der Waals surface area contributed by atoms with Gasteiger partial charge in [0.2, 0.25) is 0 Å². The van der Waals surface area contributed by atoms with Gasteiger partial charge in [0.1, 0.15) is 0 Å². The first-order valence-corrected chi connectivity index (χ1v) is 23.0. The first kappa shape index (κ1) is 40.4. The van der Waals surface area contributed by atoms with E-state index in [4.69, 9.17) is 4.74 Å². The normalized spacial score (nSPS) is 13.5. The van der Waals surface area contributed by atoms with E-state index in [1.54, 1.807) is 0 Å². The minimum atomic E-state index is -0.481. The van der Waals surface area contributed by atoms with Crippen LogP contribution >= 0.6 is 0 Å². The average molecular weight is 820 g/mol. The van der Waals surface area contributed by atoms with Crippen molar-refractivity contribution in [2.45, 2.75) is 84.5 Å². The zero-order valence-corrected chi connectivity index (χ0v) is 37.6. The summed E-state index contributed by atoms with van der Waals surface area (Å²) in [5.41, 5.74) is 20.5. The van der Waals surface area contributed by atoms with Crippen molar-refractivity contribution in [3.05, 3.63) is 220 Å². The highest BCUT2D eigenvalue weighted by molar-refractivity contribution is 5.91. The molecule has 1 aliphatic carbocycles. The maximum absolute atomic E-state index is 6.92. The summed E-state index contributed by atoms with van der Waals surface area (Å²) >= 11 is 0. The van der Waals surface area contributed by atoms with E-state index in [9.17, 15) is 0 Å². The minimum absolute atomic E-state index is 0.0912. The summed E-state index contributed by atoms with van der Waals surface area (Å²) in [6.07, 6.45) is 6.19. The maximum Gasteiger partial charge on any atom is 0.152 e. The second-order valence-corrected chi connectivity index (χ2v) is 18.9. The summed E-state index contributed by atoms with van der Waals surface area (Å²) in [5, 5.41) is 0. The van der Waals surface area contributed by atoms with Crippen molar-refractivity contribution in [1.82, 2.24) is 0 Å². The number of aryl methyl sites for hydroxylation is 3. The third kappa shape index (κ3) is 7.26. The number of ether oxygens (including phenoxy) is 1. The Morgan fingerprint density at radius 3 is 1.56 bits per heavy atom. The van der Waals surface area contributed by atoms with Crippen LogP contribution in [0.4, 0.5) is 17.1 Å². The van der Waals surface area contributed by atoms with Gasteiger partial charge in [-0.25, -0.2) is 0 Å². The SMILES string of the molecule is CCCCCCc1ccc(C2(c3ccc(N4c5ccc(-c6ccccc6)cc5Oc5cc(-c6ccc(C(C)(C)C)cc6)ccc54)cc3)c3cc(C)ccc3-c3ccc(C)cc32)cc1. The van der Waals surface area contributed by atoms with Crippen molar-refractivity contribution in [3.8, 4) is 44.9 Å². The summed E-state index contributed by atoms with van der Waals surface area (Å²) < 4.78 is 6.92. The van der Waals surface area contributed by atoms with Crippen LogP contribution in [0, 0.1) is 13.8 Å². The number of unbranched alkanes of at least 4 members (excludes halogenated alkanes) is 3. The molecule has 0 N–H and O–H groups in total. The highest BCUT2D eigenvalue weighted by Crippen LogP contribution is 2.58. The van der Waals surface area contributed by atoms with Crippen LogP contribution < -0.4 is 9.64 Å². The van der Waals surface area contributed by atoms with Crippen LogP contribution in [0.3, 0.4) is 0 Å². The molecule has 0 fully saturated rings. The number of hydrogen-bond acceptors (Lipinski definition) is 2. The third-order valence-corrected chi connectivity index (χ3v) is 13.5. The molecular weight excluding hydrogens is 763 g/mol. The summed E-state index contributed by atoms with van der Waals surface area (Å²) in [7, 11) is 0. The third-order valence-electron chi connectivity index (χ3n) is 13.5. The van der Waals surface area contributed by atoms with Gasteiger partial charge in [0.25, 0.3) is 0 Å². The van der Waals surface area contributed by atoms with Crippen molar-refractivity contribution < 1.29 is 4.74 Å². The monoisotopic (exact) mass is 819 g/mol. The first-order valence-electron chi connectivity index (χ1n) is 23.0. The Balaban J connectivity index is 1.11. The first-order chi connectivity index (χ1) is 30.6. The fourth-order valence-corrected chi connectivity index (χ4v) is 10.1. The number of rotatable bonds is 10. The molecule has 0 saturated heterocycles. The van der Waals surface area contributed by atoms with Crippen molar-refractivity contribution in [2.24, 2.45) is 0 Å². The molecule has 10 rings (SSSR count). The molecular formula is C61H57NO. The quantitative estimate of drug-likeness (QED) is 0.127. The molecule has 8 aromatic carbocycles. The van der Waals surface area contributed by atoms with E-state index in [2.05, 4.69) is 222 Å². The van der Waals surface area contributed by atoms with Gasteiger partial charge in [-0.05, 0) is 135 Å². The second kappa shape index (κ2) is 16.2. The van der Waals surface area contributed by atoms with Crippen LogP contribution in [-0.2, 0) is 17.3 Å². The summed E-state index contributed by atoms with van der Waals surface area (Å²) in [5.74, 6) is 1.68. The molecule has 63 heavy (non-hydrogen) atoms. The molecule has 2 nitrogen and oxygen atoms in total. The van der Waals surface area contributed by atoms with Crippen molar-refractivity contribution >= 4 is 17.1 Å². The van der Waals surface area contributed by atoms with Crippen LogP contribution in [0.1, 0.15) is 97.9 Å². The lowest BCUT2D eigenvalue weighted by molar-refractivity contribution is 0.477. The van der Waals surface area contributed by atoms with E-state index in [0.29, 0.717) is 0 Å². The van der Waals surface area contributed by atoms with Crippen LogP contribution in [0.5, 0.6) is 11.5 Å². The second-order valence-electron chi connectivity index (χ2n) is 18.9. The lowest BCUT2D eigenvalue weighted by Crippen LogP contribution is -2.29. The fourth-order valence-electron chi connectivity index (χ4n) is 10.1. The summed E-state index contributed by atoms with van der Waals surface area (Å²) in [6.45, 7) is 13.5. The molecule has 0 radical (unpaired) electrons. The van der Waals surface area contributed by atoms with Gasteiger partial charge in [-0.2, -0.15) is 0 Å². The average Bonchev–Trinajstić information content (AvgIpc) is 3.58. The highest BCUT2D eigenvalue weighted by Gasteiger charge is 2.46. The summed E-state index contributed by atoms with van der Waals surface area (Å²) in [4.78, 5) is 2.38. The van der Waals surface area contributed by atoms with E-state index in [1.165, 1.54) is 86.9 Å². The van der Waals surface area contributed by atoms with Gasteiger partial charge >= 0.3 is 0 Å². The molecule has 0 saturated carbocycles. The van der Waals surface area contributed by atoms with Crippen LogP contribution in [0.25, 0.3) is 33.4 Å². The molecule has 0 amide bonds. The zero-order valence-electron chi connectivity index (χ0n) is 37.6. The Labute approximate surface area is 374 Å². The molecule has 2 aliphatic rings. The lowest BCUT2D eigenvalue weighted by Gasteiger charge is -2.36. The molecule has 2 heteroatoms. The van der Waals surface area contributed by atoms with E-state index in [-0.39, 0.29) is 5.41 Å². The number of hydrogen-bond donors (Lipinski definition) is 0. The predicted octanol–water partition coefficient (Wildman–Crippen LogP) is 17.0. The number of fused-ring (bicyclic) bond motifs is 5. The largest absolute Gasteiger partial charge is 0.453 e. The number of anilines is 3. The van der Waals surface area contributed by atoms with Crippen LogP contribution in [-0.4, -0.2) is 0 Å². The summed E-state index contributed by atoms with van der Waals surface area (Å²) in [6, 6.07) is 66.0. The molecule has 0 spiro atoms. The van der Waals surface area contributed by atoms with Crippen molar-refractivity contribution in [3.63, 3.8) is 0 Å². The van der Waals surface area contributed by atoms with Crippen molar-refractivity contribution in [1.29, 1.82) is 0 Å². The Hall–Kier alpha value is -6.64. The van der Waals surface area contributed by atoms with Crippen LogP contribution in [0.2, 0.25) is 0 Å². The van der Waals surface area contributed by atoms with Gasteiger partial charge < -0.3 is 9.64 Å². The molecule has 0 aromatic heterocycles. The Morgan fingerprint density at radius 2 is 1.02 bits per heavy atom. The number of benzene rings is 8.